The average Bonchev–Trinajstić information content (AvgIpc) is 3.85. The third kappa shape index (κ3) is 5.45. The summed E-state index contributed by atoms with van der Waals surface area (Å²) in [5, 5.41) is 9.47. The Hall–Kier alpha value is -6.10. The van der Waals surface area contributed by atoms with Crippen molar-refractivity contribution in [1.29, 1.82) is 0 Å². The molecule has 58 heavy (non-hydrogen) atoms. The van der Waals surface area contributed by atoms with Gasteiger partial charge in [-0.15, -0.1) is 11.8 Å². The number of rotatable bonds is 5. The molecule has 7 unspecified atom stereocenters. The topological polar surface area (TPSA) is 29.3 Å². The smallest absolute Gasteiger partial charge is 0.130 e. The summed E-state index contributed by atoms with van der Waals surface area (Å²) in [7, 11) is 0. The van der Waals surface area contributed by atoms with Crippen molar-refractivity contribution < 1.29 is 0 Å². The average molecular weight is 766 g/mol. The van der Waals surface area contributed by atoms with E-state index in [1.165, 1.54) is 71.1 Å². The molecule has 1 aromatic heterocycles. The second-order valence-electron chi connectivity index (χ2n) is 16.5. The van der Waals surface area contributed by atoms with Crippen molar-refractivity contribution in [3.63, 3.8) is 0 Å². The summed E-state index contributed by atoms with van der Waals surface area (Å²) in [6, 6.07) is 38.6. The van der Waals surface area contributed by atoms with E-state index in [4.69, 9.17) is 4.99 Å². The van der Waals surface area contributed by atoms with E-state index < -0.39 is 0 Å². The highest BCUT2D eigenvalue weighted by Gasteiger charge is 2.46. The summed E-state index contributed by atoms with van der Waals surface area (Å²) >= 11 is 2.05. The summed E-state index contributed by atoms with van der Waals surface area (Å²) in [6.45, 7) is 0. The number of hydrogen-bond acceptors (Lipinski definition) is 3. The third-order valence-electron chi connectivity index (χ3n) is 13.3. The summed E-state index contributed by atoms with van der Waals surface area (Å²) < 4.78 is 2.56. The van der Waals surface area contributed by atoms with Gasteiger partial charge in [0.25, 0.3) is 0 Å². The Bertz CT molecular complexity index is 2950. The Balaban J connectivity index is 0.999. The van der Waals surface area contributed by atoms with Gasteiger partial charge in [0.05, 0.1) is 22.8 Å². The maximum absolute atomic E-state index is 5.51. The first kappa shape index (κ1) is 34.0. The van der Waals surface area contributed by atoms with E-state index in [-0.39, 0.29) is 17.2 Å². The lowest BCUT2D eigenvalue weighted by molar-refractivity contribution is 0.422. The van der Waals surface area contributed by atoms with Crippen LogP contribution in [0.1, 0.15) is 24.3 Å². The summed E-state index contributed by atoms with van der Waals surface area (Å²) in [5.74, 6) is 2.68. The van der Waals surface area contributed by atoms with Gasteiger partial charge in [-0.1, -0.05) is 158 Å². The SMILES string of the molecule is C1=CCC(C2=CC(C3C=CC=CC3)NC(C3=CC4Sc5c(cccc5-n5c6ccc(-c7ccccc7)cc6c6c7ccccc7ccc65)C4C4C=CC=CC34)=N2)C=C1. The number of aromatic nitrogens is 1. The van der Waals surface area contributed by atoms with E-state index in [1.807, 2.05) is 0 Å². The Morgan fingerprint density at radius 3 is 2.36 bits per heavy atom. The van der Waals surface area contributed by atoms with Gasteiger partial charge in [-0.05, 0) is 82.1 Å². The molecule has 12 rings (SSSR count). The summed E-state index contributed by atoms with van der Waals surface area (Å²) in [5.41, 5.74) is 10.2. The minimum Gasteiger partial charge on any atom is -0.363 e. The summed E-state index contributed by atoms with van der Waals surface area (Å²) in [6.07, 6.45) is 34.5. The molecule has 0 spiro atoms. The first-order valence-electron chi connectivity index (χ1n) is 20.9. The lowest BCUT2D eigenvalue weighted by Gasteiger charge is -2.40. The maximum atomic E-state index is 5.51. The van der Waals surface area contributed by atoms with Gasteiger partial charge in [0, 0.05) is 50.3 Å². The fourth-order valence-electron chi connectivity index (χ4n) is 10.6. The standard InChI is InChI=1S/C54H43N3S/c1-4-15-34(16-5-1)38-28-29-47-44(31-38)51-39-22-11-10-17-35(39)27-30-48(51)57(47)49-26-14-25-42-52-41-24-13-12-23-40(41)43(32-50(52)58-53(42)49)54-55-45(36-18-6-2-7-19-36)33-46(56-54)37-20-8-3-9-21-37/h1-18,20,22-33,36-37,40-41,45,50,52H,19,21H2,(H,55,56). The van der Waals surface area contributed by atoms with Crippen LogP contribution in [0, 0.1) is 23.7 Å². The predicted octanol–water partition coefficient (Wildman–Crippen LogP) is 13.0. The van der Waals surface area contributed by atoms with Crippen molar-refractivity contribution >= 4 is 50.2 Å². The molecule has 4 aliphatic carbocycles. The number of allylic oxidation sites excluding steroid dienone is 11. The molecule has 0 saturated heterocycles. The van der Waals surface area contributed by atoms with Gasteiger partial charge in [0.15, 0.2) is 0 Å². The van der Waals surface area contributed by atoms with Crippen molar-refractivity contribution in [2.75, 3.05) is 0 Å². The van der Waals surface area contributed by atoms with E-state index in [2.05, 4.69) is 210 Å². The van der Waals surface area contributed by atoms with Crippen LogP contribution in [-0.4, -0.2) is 21.7 Å². The molecule has 5 aromatic carbocycles. The van der Waals surface area contributed by atoms with Crippen LogP contribution in [0.3, 0.4) is 0 Å². The molecule has 1 N–H and O–H groups in total. The molecular formula is C54H43N3S. The number of amidine groups is 1. The van der Waals surface area contributed by atoms with E-state index in [0.717, 1.165) is 18.7 Å². The maximum Gasteiger partial charge on any atom is 0.130 e. The van der Waals surface area contributed by atoms with Crippen molar-refractivity contribution in [3.05, 3.63) is 205 Å². The molecule has 0 radical (unpaired) electrons. The van der Waals surface area contributed by atoms with Crippen LogP contribution in [0.2, 0.25) is 0 Å². The second-order valence-corrected chi connectivity index (χ2v) is 17.7. The lowest BCUT2D eigenvalue weighted by Crippen LogP contribution is -2.45. The molecule has 7 atom stereocenters. The lowest BCUT2D eigenvalue weighted by atomic mass is 9.67. The van der Waals surface area contributed by atoms with Gasteiger partial charge in [-0.25, -0.2) is 4.99 Å². The highest BCUT2D eigenvalue weighted by Crippen LogP contribution is 2.58. The normalized spacial score (nSPS) is 26.6. The Morgan fingerprint density at radius 1 is 0.655 bits per heavy atom. The molecule has 0 amide bonds. The van der Waals surface area contributed by atoms with Crippen LogP contribution in [0.15, 0.2) is 209 Å². The quantitative estimate of drug-likeness (QED) is 0.189. The number of nitrogens with one attached hydrogen (secondary N) is 1. The number of aliphatic imine (C=N–C) groups is 1. The minimum atomic E-state index is 0.192. The molecule has 280 valence electrons. The molecule has 3 heterocycles. The number of thioether (sulfide) groups is 1. The van der Waals surface area contributed by atoms with E-state index in [0.29, 0.717) is 23.7 Å². The van der Waals surface area contributed by atoms with Gasteiger partial charge in [-0.2, -0.15) is 0 Å². The fraction of sp³-hybridized carbons (Fsp3) is 0.167. The van der Waals surface area contributed by atoms with Crippen LogP contribution in [0.5, 0.6) is 0 Å². The van der Waals surface area contributed by atoms with Gasteiger partial charge in [0.2, 0.25) is 0 Å². The van der Waals surface area contributed by atoms with Gasteiger partial charge >= 0.3 is 0 Å². The number of benzene rings is 5. The van der Waals surface area contributed by atoms with Crippen LogP contribution in [-0.2, 0) is 0 Å². The first-order valence-corrected chi connectivity index (χ1v) is 21.8. The number of fused-ring (bicyclic) bond motifs is 10. The molecule has 6 aliphatic rings. The van der Waals surface area contributed by atoms with Crippen molar-refractivity contribution in [2.24, 2.45) is 28.7 Å². The largest absolute Gasteiger partial charge is 0.363 e. The van der Waals surface area contributed by atoms with Crippen LogP contribution < -0.4 is 5.32 Å². The molecule has 0 bridgehead atoms. The van der Waals surface area contributed by atoms with Crippen molar-refractivity contribution in [3.8, 4) is 16.8 Å². The minimum absolute atomic E-state index is 0.192. The van der Waals surface area contributed by atoms with E-state index in [9.17, 15) is 0 Å². The second kappa shape index (κ2) is 13.8. The Labute approximate surface area is 344 Å². The highest BCUT2D eigenvalue weighted by molar-refractivity contribution is 8.00. The van der Waals surface area contributed by atoms with Crippen molar-refractivity contribution in [1.82, 2.24) is 9.88 Å². The zero-order chi connectivity index (χ0) is 38.2. The monoisotopic (exact) mass is 765 g/mol. The van der Waals surface area contributed by atoms with Gasteiger partial charge in [0.1, 0.15) is 5.84 Å². The van der Waals surface area contributed by atoms with Crippen LogP contribution in [0.25, 0.3) is 49.4 Å². The summed E-state index contributed by atoms with van der Waals surface area (Å²) in [4.78, 5) is 6.90. The molecule has 4 heteroatoms. The molecule has 0 saturated carbocycles. The number of hydrogen-bond donors (Lipinski definition) is 1. The number of nitrogens with zero attached hydrogens (tertiary/aromatic N) is 2. The Kier molecular flexibility index (Phi) is 8.08. The van der Waals surface area contributed by atoms with Gasteiger partial charge in [-0.3, -0.25) is 0 Å². The zero-order valence-electron chi connectivity index (χ0n) is 32.2. The predicted molar refractivity (Wildman–Crippen MR) is 245 cm³/mol. The van der Waals surface area contributed by atoms with Crippen LogP contribution in [0.4, 0.5) is 0 Å². The Morgan fingerprint density at radius 2 is 1.48 bits per heavy atom. The van der Waals surface area contributed by atoms with E-state index >= 15 is 0 Å². The zero-order valence-corrected chi connectivity index (χ0v) is 33.0. The van der Waals surface area contributed by atoms with E-state index in [1.54, 1.807) is 0 Å². The van der Waals surface area contributed by atoms with Gasteiger partial charge < -0.3 is 9.88 Å². The molecule has 3 nitrogen and oxygen atoms in total. The molecule has 6 aromatic rings. The fourth-order valence-corrected chi connectivity index (χ4v) is 12.1. The van der Waals surface area contributed by atoms with Crippen molar-refractivity contribution in [2.45, 2.75) is 34.9 Å². The highest BCUT2D eigenvalue weighted by atomic mass is 32.2. The molecule has 2 aliphatic heterocycles. The third-order valence-corrected chi connectivity index (χ3v) is 14.7. The molecule has 0 fully saturated rings. The first-order chi connectivity index (χ1) is 28.8. The van der Waals surface area contributed by atoms with Crippen LogP contribution >= 0.6 is 11.8 Å². The molecular weight excluding hydrogens is 723 g/mol.